The van der Waals surface area contributed by atoms with E-state index in [0.717, 1.165) is 24.4 Å². The van der Waals surface area contributed by atoms with Crippen LogP contribution in [0.5, 0.6) is 5.75 Å². The fourth-order valence-electron chi connectivity index (χ4n) is 2.28. The zero-order valence-electron chi connectivity index (χ0n) is 12.5. The normalized spacial score (nSPS) is 10.6. The molecule has 0 aliphatic carbocycles. The Bertz CT molecular complexity index is 608. The minimum absolute atomic E-state index is 0.101. The van der Waals surface area contributed by atoms with E-state index in [0.29, 0.717) is 0 Å². The van der Waals surface area contributed by atoms with Gasteiger partial charge in [0.2, 0.25) is 0 Å². The van der Waals surface area contributed by atoms with Crippen LogP contribution in [0, 0.1) is 5.41 Å². The van der Waals surface area contributed by atoms with Gasteiger partial charge in [0.25, 0.3) is 0 Å². The average molecular weight is 283 g/mol. The Labute approximate surface area is 125 Å². The van der Waals surface area contributed by atoms with Crippen LogP contribution in [0.3, 0.4) is 0 Å². The van der Waals surface area contributed by atoms with Crippen LogP contribution >= 0.6 is 0 Å². The van der Waals surface area contributed by atoms with Gasteiger partial charge in [0.1, 0.15) is 11.6 Å². The van der Waals surface area contributed by atoms with Crippen molar-refractivity contribution in [1.29, 1.82) is 5.41 Å². The molecule has 0 radical (unpaired) electrons. The van der Waals surface area contributed by atoms with Crippen molar-refractivity contribution >= 4 is 5.84 Å². The van der Waals surface area contributed by atoms with Crippen molar-refractivity contribution in [2.24, 2.45) is 5.73 Å². The van der Waals surface area contributed by atoms with E-state index in [1.165, 1.54) is 11.1 Å². The molecule has 21 heavy (non-hydrogen) atoms. The van der Waals surface area contributed by atoms with Crippen LogP contribution in [0.4, 0.5) is 0 Å². The quantitative estimate of drug-likeness (QED) is 0.633. The first-order valence-corrected chi connectivity index (χ1v) is 6.84. The summed E-state index contributed by atoms with van der Waals surface area (Å²) in [7, 11) is 3.77. The molecule has 0 bridgehead atoms. The SMILES string of the molecule is COc1ccccc1CN(C)Cc1ccc(C(=N)N)cc1. The number of hydrogen-bond acceptors (Lipinski definition) is 3. The maximum Gasteiger partial charge on any atom is 0.123 e. The fraction of sp³-hybridized carbons (Fsp3) is 0.235. The molecule has 2 rings (SSSR count). The Morgan fingerprint density at radius 2 is 1.76 bits per heavy atom. The first kappa shape index (κ1) is 15.1. The van der Waals surface area contributed by atoms with E-state index < -0.39 is 0 Å². The van der Waals surface area contributed by atoms with Crippen molar-refractivity contribution in [2.75, 3.05) is 14.2 Å². The summed E-state index contributed by atoms with van der Waals surface area (Å²) in [4.78, 5) is 2.22. The minimum atomic E-state index is 0.101. The third-order valence-corrected chi connectivity index (χ3v) is 3.35. The van der Waals surface area contributed by atoms with Crippen molar-refractivity contribution in [2.45, 2.75) is 13.1 Å². The molecule has 0 saturated heterocycles. The van der Waals surface area contributed by atoms with Gasteiger partial charge in [0.15, 0.2) is 0 Å². The lowest BCUT2D eigenvalue weighted by Gasteiger charge is -2.18. The summed E-state index contributed by atoms with van der Waals surface area (Å²) < 4.78 is 5.37. The molecule has 0 saturated carbocycles. The van der Waals surface area contributed by atoms with Crippen LogP contribution < -0.4 is 10.5 Å². The summed E-state index contributed by atoms with van der Waals surface area (Å²) >= 11 is 0. The molecule has 2 aromatic rings. The Balaban J connectivity index is 2.01. The summed E-state index contributed by atoms with van der Waals surface area (Å²) in [6.45, 7) is 1.65. The summed E-state index contributed by atoms with van der Waals surface area (Å²) in [5, 5.41) is 7.39. The smallest absolute Gasteiger partial charge is 0.123 e. The molecule has 0 aromatic heterocycles. The van der Waals surface area contributed by atoms with Gasteiger partial charge < -0.3 is 10.5 Å². The van der Waals surface area contributed by atoms with Gasteiger partial charge in [0, 0.05) is 24.2 Å². The number of nitrogen functional groups attached to an aromatic ring is 1. The molecule has 0 aliphatic rings. The summed E-state index contributed by atoms with van der Waals surface area (Å²) in [6, 6.07) is 15.8. The number of rotatable bonds is 6. The van der Waals surface area contributed by atoms with Crippen molar-refractivity contribution in [3.8, 4) is 5.75 Å². The summed E-state index contributed by atoms with van der Waals surface area (Å²) in [5.41, 5.74) is 8.58. The lowest BCUT2D eigenvalue weighted by Crippen LogP contribution is -2.18. The van der Waals surface area contributed by atoms with Crippen LogP contribution in [-0.4, -0.2) is 24.9 Å². The predicted octanol–water partition coefficient (Wildman–Crippen LogP) is 2.61. The van der Waals surface area contributed by atoms with Gasteiger partial charge >= 0.3 is 0 Å². The maximum atomic E-state index is 7.39. The van der Waals surface area contributed by atoms with E-state index in [1.54, 1.807) is 7.11 Å². The van der Waals surface area contributed by atoms with E-state index in [1.807, 2.05) is 42.5 Å². The van der Waals surface area contributed by atoms with Gasteiger partial charge in [-0.3, -0.25) is 10.3 Å². The molecule has 0 amide bonds. The van der Waals surface area contributed by atoms with Crippen molar-refractivity contribution in [1.82, 2.24) is 4.90 Å². The molecule has 4 nitrogen and oxygen atoms in total. The highest BCUT2D eigenvalue weighted by atomic mass is 16.5. The first-order valence-electron chi connectivity index (χ1n) is 6.84. The summed E-state index contributed by atoms with van der Waals surface area (Å²) in [5.74, 6) is 1.01. The number of hydrogen-bond donors (Lipinski definition) is 2. The highest BCUT2D eigenvalue weighted by Gasteiger charge is 2.06. The molecule has 0 spiro atoms. The molecule has 0 heterocycles. The molecule has 2 aromatic carbocycles. The van der Waals surface area contributed by atoms with Crippen LogP contribution in [0.1, 0.15) is 16.7 Å². The highest BCUT2D eigenvalue weighted by Crippen LogP contribution is 2.19. The lowest BCUT2D eigenvalue weighted by atomic mass is 10.1. The number of methoxy groups -OCH3 is 1. The third-order valence-electron chi connectivity index (χ3n) is 3.35. The van der Waals surface area contributed by atoms with E-state index >= 15 is 0 Å². The molecule has 110 valence electrons. The van der Waals surface area contributed by atoms with E-state index in [4.69, 9.17) is 15.9 Å². The van der Waals surface area contributed by atoms with E-state index in [9.17, 15) is 0 Å². The van der Waals surface area contributed by atoms with Crippen molar-refractivity contribution in [3.05, 3.63) is 65.2 Å². The van der Waals surface area contributed by atoms with Crippen LogP contribution in [0.2, 0.25) is 0 Å². The number of nitrogens with two attached hydrogens (primary N) is 1. The standard InChI is InChI=1S/C17H21N3O/c1-20(12-15-5-3-4-6-16(15)21-2)11-13-7-9-14(10-8-13)17(18)19/h3-10H,11-12H2,1-2H3,(H3,18,19). The lowest BCUT2D eigenvalue weighted by molar-refractivity contribution is 0.310. The Morgan fingerprint density at radius 1 is 1.10 bits per heavy atom. The zero-order valence-corrected chi connectivity index (χ0v) is 12.5. The second-order valence-corrected chi connectivity index (χ2v) is 5.09. The number of nitrogens with zero attached hydrogens (tertiary/aromatic N) is 1. The molecule has 0 fully saturated rings. The average Bonchev–Trinajstić information content (AvgIpc) is 2.48. The van der Waals surface area contributed by atoms with Crippen LogP contribution in [0.15, 0.2) is 48.5 Å². The molecular weight excluding hydrogens is 262 g/mol. The Kier molecular flexibility index (Phi) is 4.95. The largest absolute Gasteiger partial charge is 0.496 e. The van der Waals surface area contributed by atoms with Gasteiger partial charge in [-0.15, -0.1) is 0 Å². The zero-order chi connectivity index (χ0) is 15.2. The van der Waals surface area contributed by atoms with E-state index in [2.05, 4.69) is 18.0 Å². The first-order chi connectivity index (χ1) is 10.1. The van der Waals surface area contributed by atoms with Crippen molar-refractivity contribution in [3.63, 3.8) is 0 Å². The minimum Gasteiger partial charge on any atom is -0.496 e. The van der Waals surface area contributed by atoms with Gasteiger partial charge in [-0.2, -0.15) is 0 Å². The van der Waals surface area contributed by atoms with Crippen LogP contribution in [-0.2, 0) is 13.1 Å². The molecule has 0 aliphatic heterocycles. The number of para-hydroxylation sites is 1. The fourth-order valence-corrected chi connectivity index (χ4v) is 2.28. The van der Waals surface area contributed by atoms with Gasteiger partial charge in [-0.1, -0.05) is 42.5 Å². The molecule has 3 N–H and O–H groups in total. The number of ether oxygens (including phenoxy) is 1. The maximum absolute atomic E-state index is 7.39. The molecular formula is C17H21N3O. The molecule has 0 unspecified atom stereocenters. The highest BCUT2D eigenvalue weighted by molar-refractivity contribution is 5.94. The van der Waals surface area contributed by atoms with Crippen molar-refractivity contribution < 1.29 is 4.74 Å². The number of nitrogens with one attached hydrogen (secondary N) is 1. The predicted molar refractivity (Wildman–Crippen MR) is 85.6 cm³/mol. The monoisotopic (exact) mass is 283 g/mol. The summed E-state index contributed by atoms with van der Waals surface area (Å²) in [6.07, 6.45) is 0. The number of amidine groups is 1. The van der Waals surface area contributed by atoms with E-state index in [-0.39, 0.29) is 5.84 Å². The second kappa shape index (κ2) is 6.90. The second-order valence-electron chi connectivity index (χ2n) is 5.09. The molecule has 0 atom stereocenters. The molecule has 4 heteroatoms. The topological polar surface area (TPSA) is 62.3 Å². The third kappa shape index (κ3) is 4.07. The van der Waals surface area contributed by atoms with Gasteiger partial charge in [-0.05, 0) is 18.7 Å². The Hall–Kier alpha value is -2.33. The van der Waals surface area contributed by atoms with Crippen LogP contribution in [0.25, 0.3) is 0 Å². The Morgan fingerprint density at radius 3 is 2.38 bits per heavy atom. The number of benzene rings is 2. The van der Waals surface area contributed by atoms with Gasteiger partial charge in [-0.25, -0.2) is 0 Å². The van der Waals surface area contributed by atoms with Gasteiger partial charge in [0.05, 0.1) is 7.11 Å².